The molecule has 0 saturated heterocycles. The van der Waals surface area contributed by atoms with Crippen molar-refractivity contribution in [2.24, 2.45) is 0 Å². The van der Waals surface area contributed by atoms with Crippen molar-refractivity contribution in [1.29, 1.82) is 0 Å². The fourth-order valence-corrected chi connectivity index (χ4v) is 4.63. The van der Waals surface area contributed by atoms with Crippen LogP contribution in [0, 0.1) is 0 Å². The monoisotopic (exact) mass is 392 g/mol. The van der Waals surface area contributed by atoms with E-state index in [0.717, 1.165) is 33.0 Å². The van der Waals surface area contributed by atoms with Crippen LogP contribution in [0.2, 0.25) is 5.02 Å². The molecule has 4 aromatic carbocycles. The van der Waals surface area contributed by atoms with E-state index in [-0.39, 0.29) is 0 Å². The molecule has 2 heterocycles. The maximum absolute atomic E-state index is 7.00. The first-order valence-electron chi connectivity index (χ1n) is 9.67. The van der Waals surface area contributed by atoms with Crippen LogP contribution in [0.15, 0.2) is 103 Å². The molecular formula is C26H17ClN2. The molecule has 138 valence electrons. The summed E-state index contributed by atoms with van der Waals surface area (Å²) < 4.78 is 4.58. The van der Waals surface area contributed by atoms with E-state index >= 15 is 0 Å². The summed E-state index contributed by atoms with van der Waals surface area (Å²) in [7, 11) is 0. The normalized spacial score (nSPS) is 11.6. The Morgan fingerprint density at radius 3 is 2.10 bits per heavy atom. The van der Waals surface area contributed by atoms with E-state index in [1.807, 2.05) is 18.2 Å². The molecule has 0 saturated carbocycles. The lowest BCUT2D eigenvalue weighted by Gasteiger charge is -2.12. The minimum Gasteiger partial charge on any atom is -0.293 e. The van der Waals surface area contributed by atoms with E-state index in [9.17, 15) is 0 Å². The van der Waals surface area contributed by atoms with Crippen molar-refractivity contribution >= 4 is 39.2 Å². The molecule has 0 aliphatic carbocycles. The molecule has 2 nitrogen and oxygen atoms in total. The van der Waals surface area contributed by atoms with Crippen LogP contribution < -0.4 is 0 Å². The minimum atomic E-state index is 0.757. The van der Waals surface area contributed by atoms with Crippen molar-refractivity contribution in [3.63, 3.8) is 0 Å². The summed E-state index contributed by atoms with van der Waals surface area (Å²) in [6.07, 6.45) is 0. The summed E-state index contributed by atoms with van der Waals surface area (Å²) in [5.41, 5.74) is 7.77. The third-order valence-corrected chi connectivity index (χ3v) is 5.99. The van der Waals surface area contributed by atoms with Crippen molar-refractivity contribution in [2.45, 2.75) is 0 Å². The summed E-state index contributed by atoms with van der Waals surface area (Å²) in [5.74, 6) is 0. The fraction of sp³-hybridized carbons (Fsp3) is 0. The van der Waals surface area contributed by atoms with E-state index in [2.05, 4.69) is 93.9 Å². The highest BCUT2D eigenvalue weighted by molar-refractivity contribution is 6.35. The average molecular weight is 393 g/mol. The number of rotatable bonds is 2. The highest BCUT2D eigenvalue weighted by Crippen LogP contribution is 2.37. The third-order valence-electron chi connectivity index (χ3n) is 5.59. The van der Waals surface area contributed by atoms with Gasteiger partial charge in [-0.15, -0.1) is 0 Å². The van der Waals surface area contributed by atoms with Crippen molar-refractivity contribution in [2.75, 3.05) is 0 Å². The summed E-state index contributed by atoms with van der Waals surface area (Å²) in [5, 5.41) is 1.98. The van der Waals surface area contributed by atoms with E-state index in [1.165, 1.54) is 16.4 Å². The van der Waals surface area contributed by atoms with Gasteiger partial charge >= 0.3 is 0 Å². The molecule has 0 unspecified atom stereocenters. The molecule has 0 bridgehead atoms. The Kier molecular flexibility index (Phi) is 3.56. The van der Waals surface area contributed by atoms with Gasteiger partial charge < -0.3 is 0 Å². The molecule has 6 aromatic rings. The number of hydrogen-bond donors (Lipinski definition) is 0. The lowest BCUT2D eigenvalue weighted by Crippen LogP contribution is -1.96. The van der Waals surface area contributed by atoms with Gasteiger partial charge in [0.25, 0.3) is 0 Å². The number of imidazole rings is 1. The van der Waals surface area contributed by atoms with Gasteiger partial charge in [-0.2, -0.15) is 0 Å². The number of halogens is 1. The first kappa shape index (κ1) is 16.5. The maximum Gasteiger partial charge on any atom is 0.123 e. The molecule has 0 aliphatic heterocycles. The number of para-hydroxylation sites is 3. The molecule has 0 fully saturated rings. The minimum absolute atomic E-state index is 0.757. The van der Waals surface area contributed by atoms with Gasteiger partial charge in [0.05, 0.1) is 27.3 Å². The second kappa shape index (κ2) is 6.26. The van der Waals surface area contributed by atoms with E-state index < -0.39 is 0 Å². The first-order chi connectivity index (χ1) is 14.3. The van der Waals surface area contributed by atoms with Crippen LogP contribution in [0.3, 0.4) is 0 Å². The van der Waals surface area contributed by atoms with Gasteiger partial charge in [0.1, 0.15) is 5.65 Å². The number of aromatic nitrogens is 2. The second-order valence-corrected chi connectivity index (χ2v) is 7.60. The van der Waals surface area contributed by atoms with Crippen LogP contribution in [-0.2, 0) is 0 Å². The van der Waals surface area contributed by atoms with Crippen LogP contribution in [0.25, 0.3) is 44.4 Å². The van der Waals surface area contributed by atoms with Gasteiger partial charge in [0.2, 0.25) is 0 Å². The zero-order valence-electron chi connectivity index (χ0n) is 15.6. The smallest absolute Gasteiger partial charge is 0.123 e. The van der Waals surface area contributed by atoms with E-state index in [1.54, 1.807) is 0 Å². The number of benzene rings is 4. The molecule has 0 spiro atoms. The molecule has 0 radical (unpaired) electrons. The number of hydrogen-bond acceptors (Lipinski definition) is 0. The molecule has 0 atom stereocenters. The Balaban J connectivity index is 1.74. The van der Waals surface area contributed by atoms with Crippen LogP contribution >= 0.6 is 11.6 Å². The van der Waals surface area contributed by atoms with Crippen LogP contribution in [0.4, 0.5) is 0 Å². The molecule has 0 amide bonds. The number of fused-ring (bicyclic) bond motifs is 5. The molecular weight excluding hydrogens is 376 g/mol. The van der Waals surface area contributed by atoms with Crippen LogP contribution in [-0.4, -0.2) is 8.97 Å². The van der Waals surface area contributed by atoms with Gasteiger partial charge in [-0.1, -0.05) is 84.4 Å². The predicted octanol–water partition coefficient (Wildman–Crippen LogP) is 7.36. The Bertz CT molecular complexity index is 1510. The fourth-order valence-electron chi connectivity index (χ4n) is 4.31. The number of nitrogens with zero attached hydrogens (tertiary/aromatic N) is 2. The van der Waals surface area contributed by atoms with Gasteiger partial charge in [-0.05, 0) is 35.9 Å². The van der Waals surface area contributed by atoms with Crippen molar-refractivity contribution in [3.05, 3.63) is 108 Å². The van der Waals surface area contributed by atoms with Crippen molar-refractivity contribution in [1.82, 2.24) is 8.97 Å². The molecule has 3 heteroatoms. The quantitative estimate of drug-likeness (QED) is 0.291. The first-order valence-corrected chi connectivity index (χ1v) is 10.0. The second-order valence-electron chi connectivity index (χ2n) is 7.23. The van der Waals surface area contributed by atoms with Crippen LogP contribution in [0.1, 0.15) is 0 Å². The Morgan fingerprint density at radius 1 is 0.586 bits per heavy atom. The van der Waals surface area contributed by atoms with Gasteiger partial charge in [-0.3, -0.25) is 8.97 Å². The Labute approximate surface area is 173 Å². The van der Waals surface area contributed by atoms with Gasteiger partial charge in [0, 0.05) is 10.9 Å². The van der Waals surface area contributed by atoms with Crippen molar-refractivity contribution < 1.29 is 0 Å². The highest BCUT2D eigenvalue weighted by atomic mass is 35.5. The third kappa shape index (κ3) is 2.36. The average Bonchev–Trinajstić information content (AvgIpc) is 3.29. The largest absolute Gasteiger partial charge is 0.293 e. The summed E-state index contributed by atoms with van der Waals surface area (Å²) in [6.45, 7) is 0. The Hall–Kier alpha value is -3.49. The van der Waals surface area contributed by atoms with Crippen LogP contribution in [0.5, 0.6) is 0 Å². The Morgan fingerprint density at radius 2 is 1.28 bits per heavy atom. The molecule has 0 aliphatic rings. The van der Waals surface area contributed by atoms with E-state index in [0.29, 0.717) is 0 Å². The van der Waals surface area contributed by atoms with Gasteiger partial charge in [0.15, 0.2) is 0 Å². The van der Waals surface area contributed by atoms with Gasteiger partial charge in [-0.25, -0.2) is 0 Å². The highest BCUT2D eigenvalue weighted by Gasteiger charge is 2.18. The van der Waals surface area contributed by atoms with E-state index in [4.69, 9.17) is 11.6 Å². The summed E-state index contributed by atoms with van der Waals surface area (Å²) >= 11 is 7.00. The summed E-state index contributed by atoms with van der Waals surface area (Å²) in [6, 6.07) is 35.8. The lowest BCUT2D eigenvalue weighted by molar-refractivity contribution is 1.15. The summed E-state index contributed by atoms with van der Waals surface area (Å²) in [4.78, 5) is 0. The lowest BCUT2D eigenvalue weighted by atomic mass is 10.0. The molecule has 2 aromatic heterocycles. The molecule has 29 heavy (non-hydrogen) atoms. The topological polar surface area (TPSA) is 9.34 Å². The maximum atomic E-state index is 7.00. The molecule has 6 rings (SSSR count). The SMILES string of the molecule is Clc1c(-c2ccccc2)cccc1-n1c2ccccc2n2c3ccccc3cc12. The zero-order valence-corrected chi connectivity index (χ0v) is 16.3. The molecule has 0 N–H and O–H groups in total. The standard InChI is InChI=1S/C26H17ClN2/c27-26-20(18-9-2-1-3-10-18)12-8-16-24(26)29-23-15-7-6-14-22(23)28-21-13-5-4-11-19(21)17-25(28)29/h1-17H. The zero-order chi connectivity index (χ0) is 19.4. The predicted molar refractivity (Wildman–Crippen MR) is 122 cm³/mol. The van der Waals surface area contributed by atoms with Crippen molar-refractivity contribution in [3.8, 4) is 16.8 Å².